The van der Waals surface area contributed by atoms with Crippen LogP contribution >= 0.6 is 11.6 Å². The minimum Gasteiger partial charge on any atom is -0.508 e. The molecule has 0 aromatic heterocycles. The topological polar surface area (TPSA) is 20.2 Å². The molecule has 2 heteroatoms. The predicted molar refractivity (Wildman–Crippen MR) is 49.9 cm³/mol. The maximum atomic E-state index is 9.57. The van der Waals surface area contributed by atoms with Gasteiger partial charge in [-0.25, -0.2) is 0 Å². The molecule has 0 spiro atoms. The highest BCUT2D eigenvalue weighted by Gasteiger charge is 2.23. The Bertz CT molecular complexity index is 320. The predicted octanol–water partition coefficient (Wildman–Crippen LogP) is 3.10. The third-order valence-electron chi connectivity index (χ3n) is 2.60. The zero-order chi connectivity index (χ0) is 8.72. The van der Waals surface area contributed by atoms with Crippen molar-refractivity contribution < 1.29 is 5.11 Å². The molecule has 0 amide bonds. The summed E-state index contributed by atoms with van der Waals surface area (Å²) in [7, 11) is 0. The van der Waals surface area contributed by atoms with Crippen LogP contribution in [0.25, 0.3) is 0 Å². The van der Waals surface area contributed by atoms with Crippen molar-refractivity contribution in [2.24, 2.45) is 0 Å². The zero-order valence-corrected chi connectivity index (χ0v) is 7.73. The van der Waals surface area contributed by atoms with Crippen LogP contribution in [-0.2, 0) is 6.42 Å². The van der Waals surface area contributed by atoms with Crippen molar-refractivity contribution in [3.63, 3.8) is 0 Å². The summed E-state index contributed by atoms with van der Waals surface area (Å²) >= 11 is 6.00. The number of phenolic OH excluding ortho intramolecular Hbond substituents is 1. The number of aromatic hydroxyl groups is 1. The number of halogens is 1. The third-order valence-corrected chi connectivity index (χ3v) is 2.95. The molecule has 1 aromatic rings. The van der Waals surface area contributed by atoms with E-state index in [2.05, 4.69) is 6.92 Å². The molecule has 0 bridgehead atoms. The second-order valence-corrected chi connectivity index (χ2v) is 3.81. The minimum absolute atomic E-state index is 0.402. The highest BCUT2D eigenvalue weighted by atomic mass is 35.5. The average Bonchev–Trinajstić information content (AvgIpc) is 2.42. The molecule has 2 rings (SSSR count). The Kier molecular flexibility index (Phi) is 1.76. The largest absolute Gasteiger partial charge is 0.508 e. The Morgan fingerprint density at radius 3 is 2.92 bits per heavy atom. The van der Waals surface area contributed by atoms with Crippen molar-refractivity contribution in [2.75, 3.05) is 0 Å². The highest BCUT2D eigenvalue weighted by Crippen LogP contribution is 2.41. The smallest absolute Gasteiger partial charge is 0.119 e. The van der Waals surface area contributed by atoms with Crippen molar-refractivity contribution in [3.8, 4) is 5.75 Å². The molecular weight excluding hydrogens is 172 g/mol. The molecule has 0 saturated heterocycles. The number of rotatable bonds is 0. The van der Waals surface area contributed by atoms with Crippen LogP contribution < -0.4 is 0 Å². The second kappa shape index (κ2) is 2.67. The van der Waals surface area contributed by atoms with Gasteiger partial charge in [-0.2, -0.15) is 0 Å². The molecule has 0 heterocycles. The van der Waals surface area contributed by atoms with E-state index < -0.39 is 0 Å². The molecule has 1 unspecified atom stereocenters. The van der Waals surface area contributed by atoms with Gasteiger partial charge in [-0.3, -0.25) is 0 Å². The SMILES string of the molecule is CC1CCc2c(Cl)ccc(O)c21. The molecule has 64 valence electrons. The number of fused-ring (bicyclic) bond motifs is 1. The van der Waals surface area contributed by atoms with Crippen molar-refractivity contribution in [2.45, 2.75) is 25.7 Å². The summed E-state index contributed by atoms with van der Waals surface area (Å²) in [6.07, 6.45) is 2.11. The van der Waals surface area contributed by atoms with E-state index in [-0.39, 0.29) is 0 Å². The van der Waals surface area contributed by atoms with Gasteiger partial charge in [0.25, 0.3) is 0 Å². The molecule has 0 fully saturated rings. The van der Waals surface area contributed by atoms with E-state index in [4.69, 9.17) is 11.6 Å². The first kappa shape index (κ1) is 7.93. The molecule has 12 heavy (non-hydrogen) atoms. The van der Waals surface area contributed by atoms with Crippen LogP contribution in [0.15, 0.2) is 12.1 Å². The lowest BCUT2D eigenvalue weighted by molar-refractivity contribution is 0.465. The van der Waals surface area contributed by atoms with Crippen molar-refractivity contribution in [1.82, 2.24) is 0 Å². The van der Waals surface area contributed by atoms with Crippen LogP contribution in [0.5, 0.6) is 5.75 Å². The van der Waals surface area contributed by atoms with Crippen molar-refractivity contribution in [3.05, 3.63) is 28.3 Å². The van der Waals surface area contributed by atoms with Crippen molar-refractivity contribution >= 4 is 11.6 Å². The quantitative estimate of drug-likeness (QED) is 0.654. The van der Waals surface area contributed by atoms with Crippen LogP contribution in [0.4, 0.5) is 0 Å². The Morgan fingerprint density at radius 1 is 1.50 bits per heavy atom. The Morgan fingerprint density at radius 2 is 2.25 bits per heavy atom. The maximum absolute atomic E-state index is 9.57. The van der Waals surface area contributed by atoms with Gasteiger partial charge >= 0.3 is 0 Å². The first-order valence-electron chi connectivity index (χ1n) is 4.20. The van der Waals surface area contributed by atoms with E-state index in [0.717, 1.165) is 29.0 Å². The Hall–Kier alpha value is -0.690. The third kappa shape index (κ3) is 1.00. The first-order chi connectivity index (χ1) is 5.70. The normalized spacial score (nSPS) is 21.0. The van der Waals surface area contributed by atoms with Gasteiger partial charge in [-0.15, -0.1) is 0 Å². The molecule has 0 aliphatic heterocycles. The van der Waals surface area contributed by atoms with Crippen LogP contribution in [0.2, 0.25) is 5.02 Å². The van der Waals surface area contributed by atoms with Gasteiger partial charge in [-0.1, -0.05) is 18.5 Å². The lowest BCUT2D eigenvalue weighted by atomic mass is 10.0. The van der Waals surface area contributed by atoms with Gasteiger partial charge in [0.05, 0.1) is 0 Å². The summed E-state index contributed by atoms with van der Waals surface area (Å²) in [5.74, 6) is 0.859. The lowest BCUT2D eigenvalue weighted by Gasteiger charge is -2.07. The summed E-state index contributed by atoms with van der Waals surface area (Å²) in [5.41, 5.74) is 2.20. The van der Waals surface area contributed by atoms with Crippen LogP contribution in [0, 0.1) is 0 Å². The molecule has 1 nitrogen and oxygen atoms in total. The molecule has 1 aliphatic carbocycles. The summed E-state index contributed by atoms with van der Waals surface area (Å²) in [5, 5.41) is 10.4. The second-order valence-electron chi connectivity index (χ2n) is 3.40. The summed E-state index contributed by atoms with van der Waals surface area (Å²) < 4.78 is 0. The van der Waals surface area contributed by atoms with E-state index in [0.29, 0.717) is 11.7 Å². The molecule has 1 atom stereocenters. The molecular formula is C10H11ClO. The van der Waals surface area contributed by atoms with Crippen molar-refractivity contribution in [1.29, 1.82) is 0 Å². The number of hydrogen-bond donors (Lipinski definition) is 1. The number of benzene rings is 1. The van der Waals surface area contributed by atoms with Gasteiger partial charge < -0.3 is 5.11 Å². The van der Waals surface area contributed by atoms with E-state index >= 15 is 0 Å². The van der Waals surface area contributed by atoms with E-state index in [1.165, 1.54) is 0 Å². The molecule has 1 N–H and O–H groups in total. The lowest BCUT2D eigenvalue weighted by Crippen LogP contribution is -1.87. The van der Waals surface area contributed by atoms with Gasteiger partial charge in [0.1, 0.15) is 5.75 Å². The van der Waals surface area contributed by atoms with Gasteiger partial charge in [0.15, 0.2) is 0 Å². The fourth-order valence-corrected chi connectivity index (χ4v) is 2.19. The number of phenols is 1. The fourth-order valence-electron chi connectivity index (χ4n) is 1.93. The van der Waals surface area contributed by atoms with Gasteiger partial charge in [-0.05, 0) is 36.5 Å². The van der Waals surface area contributed by atoms with E-state index in [1.807, 2.05) is 0 Å². The zero-order valence-electron chi connectivity index (χ0n) is 6.97. The minimum atomic E-state index is 0.402. The summed E-state index contributed by atoms with van der Waals surface area (Å²) in [6, 6.07) is 3.46. The maximum Gasteiger partial charge on any atom is 0.119 e. The summed E-state index contributed by atoms with van der Waals surface area (Å²) in [4.78, 5) is 0. The highest BCUT2D eigenvalue weighted by molar-refractivity contribution is 6.31. The number of hydrogen-bond acceptors (Lipinski definition) is 1. The molecule has 1 aromatic carbocycles. The molecule has 0 radical (unpaired) electrons. The first-order valence-corrected chi connectivity index (χ1v) is 4.58. The van der Waals surface area contributed by atoms with Crippen LogP contribution in [0.3, 0.4) is 0 Å². The fraction of sp³-hybridized carbons (Fsp3) is 0.400. The molecule has 0 saturated carbocycles. The van der Waals surface area contributed by atoms with Gasteiger partial charge in [0.2, 0.25) is 0 Å². The Labute approximate surface area is 77.0 Å². The average molecular weight is 183 g/mol. The Balaban J connectivity index is 2.64. The monoisotopic (exact) mass is 182 g/mol. The van der Waals surface area contributed by atoms with Gasteiger partial charge in [0, 0.05) is 10.6 Å². The summed E-state index contributed by atoms with van der Waals surface area (Å²) in [6.45, 7) is 2.13. The molecule has 1 aliphatic rings. The van der Waals surface area contributed by atoms with E-state index in [1.54, 1.807) is 12.1 Å². The standard InChI is InChI=1S/C10H11ClO/c1-6-2-3-7-8(11)4-5-9(12)10(6)7/h4-6,12H,2-3H2,1H3. The van der Waals surface area contributed by atoms with E-state index in [9.17, 15) is 5.11 Å². The van der Waals surface area contributed by atoms with Crippen LogP contribution in [-0.4, -0.2) is 5.11 Å². The van der Waals surface area contributed by atoms with Crippen LogP contribution in [0.1, 0.15) is 30.4 Å².